The average Bonchev–Trinajstić information content (AvgIpc) is 2.77. The van der Waals surface area contributed by atoms with Crippen LogP contribution in [0.4, 0.5) is 11.4 Å². The third-order valence-electron chi connectivity index (χ3n) is 3.95. The Bertz CT molecular complexity index is 1040. The molecule has 3 aromatic rings. The van der Waals surface area contributed by atoms with Crippen molar-refractivity contribution in [1.82, 2.24) is 0 Å². The molecule has 0 fully saturated rings. The van der Waals surface area contributed by atoms with Crippen molar-refractivity contribution >= 4 is 23.5 Å². The summed E-state index contributed by atoms with van der Waals surface area (Å²) in [7, 11) is 0. The Labute approximate surface area is 172 Å². The highest BCUT2D eigenvalue weighted by molar-refractivity contribution is 5.92. The zero-order valence-corrected chi connectivity index (χ0v) is 15.9. The number of rotatable bonds is 9. The van der Waals surface area contributed by atoms with Crippen LogP contribution in [0.5, 0.6) is 5.75 Å². The first-order chi connectivity index (χ1) is 14.6. The number of nitro groups is 1. The van der Waals surface area contributed by atoms with E-state index in [2.05, 4.69) is 10.5 Å². The largest absolute Gasteiger partial charge is 0.483 e. The summed E-state index contributed by atoms with van der Waals surface area (Å²) in [5, 5.41) is 17.4. The van der Waals surface area contributed by atoms with Crippen LogP contribution in [0.2, 0.25) is 0 Å². The normalized spacial score (nSPS) is 10.5. The molecular formula is C22H19N3O5. The van der Waals surface area contributed by atoms with E-state index in [-0.39, 0.29) is 24.8 Å². The van der Waals surface area contributed by atoms with Crippen LogP contribution in [0.15, 0.2) is 84.0 Å². The number of hydrogen-bond donors (Lipinski definition) is 1. The smallest absolute Gasteiger partial charge is 0.269 e. The summed E-state index contributed by atoms with van der Waals surface area (Å²) < 4.78 is 5.59. The van der Waals surface area contributed by atoms with Crippen molar-refractivity contribution in [2.75, 3.05) is 11.9 Å². The van der Waals surface area contributed by atoms with Gasteiger partial charge in [-0.1, -0.05) is 47.6 Å². The van der Waals surface area contributed by atoms with E-state index in [0.717, 1.165) is 0 Å². The molecule has 0 heterocycles. The number of hydrogen-bond acceptors (Lipinski definition) is 6. The quantitative estimate of drug-likeness (QED) is 0.327. The topological polar surface area (TPSA) is 103 Å². The van der Waals surface area contributed by atoms with Gasteiger partial charge in [0.15, 0.2) is 6.61 Å². The maximum Gasteiger partial charge on any atom is 0.269 e. The molecule has 0 saturated heterocycles. The van der Waals surface area contributed by atoms with E-state index < -0.39 is 4.92 Å². The highest BCUT2D eigenvalue weighted by atomic mass is 16.6. The van der Waals surface area contributed by atoms with E-state index in [1.54, 1.807) is 48.5 Å². The second-order valence-electron chi connectivity index (χ2n) is 6.18. The van der Waals surface area contributed by atoms with Gasteiger partial charge < -0.3 is 14.9 Å². The van der Waals surface area contributed by atoms with E-state index in [4.69, 9.17) is 9.57 Å². The summed E-state index contributed by atoms with van der Waals surface area (Å²) in [6.07, 6.45) is 1.46. The maximum absolute atomic E-state index is 12.0. The Balaban J connectivity index is 1.54. The van der Waals surface area contributed by atoms with E-state index in [1.807, 2.05) is 18.2 Å². The first kappa shape index (κ1) is 20.5. The molecule has 0 aromatic heterocycles. The Morgan fingerprint density at radius 3 is 2.60 bits per heavy atom. The molecule has 0 radical (unpaired) electrons. The molecule has 3 rings (SSSR count). The summed E-state index contributed by atoms with van der Waals surface area (Å²) in [5.41, 5.74) is 1.94. The summed E-state index contributed by atoms with van der Waals surface area (Å²) >= 11 is 0. The monoisotopic (exact) mass is 405 g/mol. The van der Waals surface area contributed by atoms with Crippen molar-refractivity contribution in [2.45, 2.75) is 6.61 Å². The molecule has 0 aliphatic carbocycles. The van der Waals surface area contributed by atoms with Crippen molar-refractivity contribution in [2.24, 2.45) is 5.16 Å². The molecule has 0 aliphatic heterocycles. The summed E-state index contributed by atoms with van der Waals surface area (Å²) in [4.78, 5) is 27.6. The minimum atomic E-state index is -0.464. The number of non-ortho nitro benzene ring substituents is 1. The lowest BCUT2D eigenvalue weighted by molar-refractivity contribution is -0.384. The van der Waals surface area contributed by atoms with Crippen LogP contribution in [0.3, 0.4) is 0 Å². The molecule has 1 amide bonds. The second-order valence-corrected chi connectivity index (χ2v) is 6.18. The van der Waals surface area contributed by atoms with Crippen LogP contribution in [-0.2, 0) is 16.2 Å². The average molecular weight is 405 g/mol. The van der Waals surface area contributed by atoms with Crippen LogP contribution >= 0.6 is 0 Å². The van der Waals surface area contributed by atoms with Gasteiger partial charge in [-0.15, -0.1) is 0 Å². The number of anilines is 1. The fraction of sp³-hybridized carbons (Fsp3) is 0.0909. The third-order valence-corrected chi connectivity index (χ3v) is 3.95. The van der Waals surface area contributed by atoms with E-state index >= 15 is 0 Å². The van der Waals surface area contributed by atoms with Crippen molar-refractivity contribution in [3.8, 4) is 5.75 Å². The molecule has 3 aromatic carbocycles. The van der Waals surface area contributed by atoms with Gasteiger partial charge in [0.25, 0.3) is 11.6 Å². The highest BCUT2D eigenvalue weighted by Gasteiger charge is 2.07. The molecule has 8 heteroatoms. The van der Waals surface area contributed by atoms with Gasteiger partial charge in [-0.3, -0.25) is 14.9 Å². The fourth-order valence-electron chi connectivity index (χ4n) is 2.55. The number of amides is 1. The number of nitro benzene ring substituents is 1. The molecule has 0 aliphatic rings. The SMILES string of the molecule is O=C(COc1ccccc1/C=N\OCc1cccc([N+](=O)[O-])c1)Nc1ccccc1. The number of para-hydroxylation sites is 2. The number of nitrogens with zero attached hydrogens (tertiary/aromatic N) is 2. The second kappa shape index (κ2) is 10.4. The van der Waals surface area contributed by atoms with Crippen molar-refractivity contribution < 1.29 is 19.3 Å². The lowest BCUT2D eigenvalue weighted by Crippen LogP contribution is -2.20. The molecule has 0 unspecified atom stereocenters. The van der Waals surface area contributed by atoms with Gasteiger partial charge in [0.2, 0.25) is 0 Å². The number of carbonyl (C=O) groups is 1. The standard InChI is InChI=1S/C22H19N3O5/c26-22(24-19-9-2-1-3-10-19)16-29-21-12-5-4-8-18(21)14-23-30-15-17-7-6-11-20(13-17)25(27)28/h1-14H,15-16H2,(H,24,26)/b23-14-. The lowest BCUT2D eigenvalue weighted by atomic mass is 10.2. The fourth-order valence-corrected chi connectivity index (χ4v) is 2.55. The molecule has 0 atom stereocenters. The first-order valence-electron chi connectivity index (χ1n) is 9.07. The van der Waals surface area contributed by atoms with Crippen LogP contribution in [0.1, 0.15) is 11.1 Å². The number of nitrogens with one attached hydrogen (secondary N) is 1. The summed E-state index contributed by atoms with van der Waals surface area (Å²) in [6.45, 7) is -0.0744. The van der Waals surface area contributed by atoms with Gasteiger partial charge in [-0.05, 0) is 29.8 Å². The Morgan fingerprint density at radius 1 is 1.03 bits per heavy atom. The maximum atomic E-state index is 12.0. The van der Waals surface area contributed by atoms with Gasteiger partial charge in [-0.2, -0.15) is 0 Å². The molecule has 1 N–H and O–H groups in total. The molecule has 0 saturated carbocycles. The zero-order chi connectivity index (χ0) is 21.2. The zero-order valence-electron chi connectivity index (χ0n) is 15.9. The summed E-state index contributed by atoms with van der Waals surface area (Å²) in [5.74, 6) is 0.193. The molecule has 0 spiro atoms. The molecule has 152 valence electrons. The lowest BCUT2D eigenvalue weighted by Gasteiger charge is -2.09. The van der Waals surface area contributed by atoms with Crippen molar-refractivity contribution in [1.29, 1.82) is 0 Å². The predicted octanol–water partition coefficient (Wildman–Crippen LogP) is 4.16. The van der Waals surface area contributed by atoms with Crippen LogP contribution in [0.25, 0.3) is 0 Å². The Hall–Kier alpha value is -4.20. The molecule has 0 bridgehead atoms. The van der Waals surface area contributed by atoms with Gasteiger partial charge >= 0.3 is 0 Å². The minimum Gasteiger partial charge on any atom is -0.483 e. The molecule has 8 nitrogen and oxygen atoms in total. The van der Waals surface area contributed by atoms with Gasteiger partial charge in [-0.25, -0.2) is 0 Å². The number of benzene rings is 3. The Kier molecular flexibility index (Phi) is 7.10. The van der Waals surface area contributed by atoms with E-state index in [1.165, 1.54) is 18.3 Å². The molecule has 30 heavy (non-hydrogen) atoms. The van der Waals surface area contributed by atoms with Gasteiger partial charge in [0.05, 0.1) is 11.1 Å². The number of ether oxygens (including phenoxy) is 1. The number of carbonyl (C=O) groups excluding carboxylic acids is 1. The van der Waals surface area contributed by atoms with Crippen molar-refractivity contribution in [3.05, 3.63) is 100 Å². The minimum absolute atomic E-state index is 0.00685. The molecular weight excluding hydrogens is 386 g/mol. The number of oxime groups is 1. The van der Waals surface area contributed by atoms with E-state index in [0.29, 0.717) is 22.6 Å². The van der Waals surface area contributed by atoms with Crippen molar-refractivity contribution in [3.63, 3.8) is 0 Å². The van der Waals surface area contributed by atoms with Crippen LogP contribution in [-0.4, -0.2) is 23.7 Å². The van der Waals surface area contributed by atoms with Crippen LogP contribution in [0, 0.1) is 10.1 Å². The van der Waals surface area contributed by atoms with Crippen LogP contribution < -0.4 is 10.1 Å². The predicted molar refractivity (Wildman–Crippen MR) is 112 cm³/mol. The highest BCUT2D eigenvalue weighted by Crippen LogP contribution is 2.17. The summed E-state index contributed by atoms with van der Waals surface area (Å²) in [6, 6.07) is 22.3. The third kappa shape index (κ3) is 6.16. The van der Waals surface area contributed by atoms with E-state index in [9.17, 15) is 14.9 Å². The Morgan fingerprint density at radius 2 is 1.80 bits per heavy atom. The van der Waals surface area contributed by atoms with Gasteiger partial charge in [0.1, 0.15) is 12.4 Å². The van der Waals surface area contributed by atoms with Gasteiger partial charge in [0, 0.05) is 23.4 Å². The first-order valence-corrected chi connectivity index (χ1v) is 9.07.